The van der Waals surface area contributed by atoms with E-state index >= 15 is 0 Å². The number of hydrogen-bond acceptors (Lipinski definition) is 3. The predicted octanol–water partition coefficient (Wildman–Crippen LogP) is 0.560. The van der Waals surface area contributed by atoms with Crippen molar-refractivity contribution in [3.63, 3.8) is 0 Å². The molecule has 1 amide bonds. The van der Waals surface area contributed by atoms with E-state index in [9.17, 15) is 9.59 Å². The van der Waals surface area contributed by atoms with Crippen molar-refractivity contribution < 1.29 is 14.3 Å². The molecule has 74 valence electrons. The van der Waals surface area contributed by atoms with Crippen LogP contribution in [0.4, 0.5) is 0 Å². The highest BCUT2D eigenvalue weighted by atomic mass is 16.5. The van der Waals surface area contributed by atoms with Crippen LogP contribution in [0.3, 0.4) is 0 Å². The zero-order valence-electron chi connectivity index (χ0n) is 8.08. The lowest BCUT2D eigenvalue weighted by Crippen LogP contribution is -2.29. The van der Waals surface area contributed by atoms with Crippen LogP contribution in [0.5, 0.6) is 0 Å². The molecule has 0 bridgehead atoms. The summed E-state index contributed by atoms with van der Waals surface area (Å²) in [5.74, 6) is -0.0696. The summed E-state index contributed by atoms with van der Waals surface area (Å²) in [6, 6.07) is 0.256. The van der Waals surface area contributed by atoms with Crippen molar-refractivity contribution in [3.05, 3.63) is 0 Å². The van der Waals surface area contributed by atoms with Gasteiger partial charge in [-0.3, -0.25) is 9.59 Å². The van der Waals surface area contributed by atoms with Gasteiger partial charge in [0.1, 0.15) is 0 Å². The van der Waals surface area contributed by atoms with Crippen molar-refractivity contribution in [1.82, 2.24) is 4.90 Å². The van der Waals surface area contributed by atoms with Gasteiger partial charge in [-0.05, 0) is 6.42 Å². The minimum absolute atomic E-state index is 0.188. The molecule has 0 aromatic rings. The summed E-state index contributed by atoms with van der Waals surface area (Å²) in [5, 5.41) is 0. The Morgan fingerprint density at radius 1 is 1.69 bits per heavy atom. The smallest absolute Gasteiger partial charge is 0.302 e. The molecule has 1 aliphatic heterocycles. The monoisotopic (exact) mass is 185 g/mol. The van der Waals surface area contributed by atoms with Gasteiger partial charge < -0.3 is 9.64 Å². The Hall–Kier alpha value is -1.06. The second kappa shape index (κ2) is 4.25. The number of likely N-dealkylation sites (tertiary alicyclic amines) is 1. The van der Waals surface area contributed by atoms with Crippen LogP contribution in [-0.4, -0.2) is 36.5 Å². The highest BCUT2D eigenvalue weighted by Crippen LogP contribution is 2.18. The van der Waals surface area contributed by atoms with Gasteiger partial charge in [-0.25, -0.2) is 0 Å². The molecule has 1 saturated heterocycles. The lowest BCUT2D eigenvalue weighted by molar-refractivity contribution is -0.141. The summed E-state index contributed by atoms with van der Waals surface area (Å²) < 4.78 is 4.81. The molecule has 0 aromatic carbocycles. The number of rotatable bonds is 3. The Balaban J connectivity index is 2.22. The number of carbonyl (C=O) groups is 2. The molecule has 4 heteroatoms. The Bertz CT molecular complexity index is 215. The Kier molecular flexibility index (Phi) is 3.28. The first-order valence-corrected chi connectivity index (χ1v) is 4.50. The Morgan fingerprint density at radius 3 is 2.85 bits per heavy atom. The van der Waals surface area contributed by atoms with E-state index in [0.717, 1.165) is 12.8 Å². The Morgan fingerprint density at radius 2 is 2.38 bits per heavy atom. The third kappa shape index (κ3) is 2.72. The average Bonchev–Trinajstić information content (AvgIpc) is 2.35. The summed E-state index contributed by atoms with van der Waals surface area (Å²) in [5.41, 5.74) is 0. The fourth-order valence-electron chi connectivity index (χ4n) is 1.54. The molecule has 0 aromatic heterocycles. The van der Waals surface area contributed by atoms with Crippen molar-refractivity contribution in [2.45, 2.75) is 32.2 Å². The number of esters is 1. The number of hydrogen-bond donors (Lipinski definition) is 0. The largest absolute Gasteiger partial charge is 0.466 e. The predicted molar refractivity (Wildman–Crippen MR) is 47.0 cm³/mol. The molecular weight excluding hydrogens is 170 g/mol. The number of nitrogens with zero attached hydrogens (tertiary/aromatic N) is 1. The molecule has 0 N–H and O–H groups in total. The quantitative estimate of drug-likeness (QED) is 0.603. The van der Waals surface area contributed by atoms with Gasteiger partial charge in [-0.2, -0.15) is 0 Å². The molecule has 1 atom stereocenters. The highest BCUT2D eigenvalue weighted by Gasteiger charge is 2.27. The van der Waals surface area contributed by atoms with Crippen LogP contribution in [0.2, 0.25) is 0 Å². The summed E-state index contributed by atoms with van der Waals surface area (Å²) in [4.78, 5) is 23.3. The molecule has 0 spiro atoms. The van der Waals surface area contributed by atoms with Gasteiger partial charge in [-0.1, -0.05) is 0 Å². The van der Waals surface area contributed by atoms with E-state index in [2.05, 4.69) is 0 Å². The summed E-state index contributed by atoms with van der Waals surface area (Å²) in [6.07, 6.45) is 2.26. The fraction of sp³-hybridized carbons (Fsp3) is 0.778. The second-order valence-electron chi connectivity index (χ2n) is 3.33. The molecule has 0 aliphatic carbocycles. The number of carbonyl (C=O) groups excluding carboxylic acids is 2. The van der Waals surface area contributed by atoms with E-state index in [4.69, 9.17) is 4.74 Å². The summed E-state index contributed by atoms with van der Waals surface area (Å²) in [7, 11) is 1.80. The molecular formula is C9H15NO3. The summed E-state index contributed by atoms with van der Waals surface area (Å²) in [6.45, 7) is 1.81. The molecule has 4 nitrogen and oxygen atoms in total. The standard InChI is InChI=1S/C9H15NO3/c1-7(11)13-6-5-8-3-4-9(12)10(8)2/h8H,3-6H2,1-2H3. The second-order valence-corrected chi connectivity index (χ2v) is 3.33. The SMILES string of the molecule is CC(=O)OCCC1CCC(=O)N1C. The lowest BCUT2D eigenvalue weighted by Gasteiger charge is -2.19. The average molecular weight is 185 g/mol. The van der Waals surface area contributed by atoms with E-state index in [1.165, 1.54) is 6.92 Å². The van der Waals surface area contributed by atoms with Crippen LogP contribution in [-0.2, 0) is 14.3 Å². The number of ether oxygens (including phenoxy) is 1. The molecule has 1 unspecified atom stereocenters. The first kappa shape index (κ1) is 10.0. The van der Waals surface area contributed by atoms with E-state index in [1.807, 2.05) is 0 Å². The normalized spacial score (nSPS) is 22.2. The third-order valence-corrected chi connectivity index (χ3v) is 2.39. The van der Waals surface area contributed by atoms with Crippen LogP contribution in [0.25, 0.3) is 0 Å². The lowest BCUT2D eigenvalue weighted by atomic mass is 10.1. The zero-order chi connectivity index (χ0) is 9.84. The van der Waals surface area contributed by atoms with Crippen molar-refractivity contribution >= 4 is 11.9 Å². The van der Waals surface area contributed by atoms with Crippen molar-refractivity contribution in [2.24, 2.45) is 0 Å². The molecule has 1 fully saturated rings. The molecule has 0 radical (unpaired) electrons. The van der Waals surface area contributed by atoms with Gasteiger partial charge in [0.15, 0.2) is 0 Å². The maximum Gasteiger partial charge on any atom is 0.302 e. The van der Waals surface area contributed by atoms with Crippen LogP contribution >= 0.6 is 0 Å². The summed E-state index contributed by atoms with van der Waals surface area (Å²) >= 11 is 0. The van der Waals surface area contributed by atoms with Gasteiger partial charge in [0.2, 0.25) is 5.91 Å². The van der Waals surface area contributed by atoms with E-state index in [1.54, 1.807) is 11.9 Å². The van der Waals surface area contributed by atoms with Gasteiger partial charge >= 0.3 is 5.97 Å². The number of amides is 1. The van der Waals surface area contributed by atoms with Crippen molar-refractivity contribution in [1.29, 1.82) is 0 Å². The van der Waals surface area contributed by atoms with E-state index in [-0.39, 0.29) is 17.9 Å². The van der Waals surface area contributed by atoms with Crippen molar-refractivity contribution in [2.75, 3.05) is 13.7 Å². The van der Waals surface area contributed by atoms with Crippen LogP contribution in [0.15, 0.2) is 0 Å². The molecule has 0 saturated carbocycles. The fourth-order valence-corrected chi connectivity index (χ4v) is 1.54. The molecule has 1 heterocycles. The maximum absolute atomic E-state index is 11.1. The zero-order valence-corrected chi connectivity index (χ0v) is 8.08. The van der Waals surface area contributed by atoms with E-state index < -0.39 is 0 Å². The van der Waals surface area contributed by atoms with Gasteiger partial charge in [0, 0.05) is 32.9 Å². The minimum Gasteiger partial charge on any atom is -0.466 e. The Labute approximate surface area is 77.8 Å². The first-order chi connectivity index (χ1) is 6.11. The van der Waals surface area contributed by atoms with E-state index in [0.29, 0.717) is 13.0 Å². The maximum atomic E-state index is 11.1. The highest BCUT2D eigenvalue weighted by molar-refractivity contribution is 5.78. The third-order valence-electron chi connectivity index (χ3n) is 2.39. The van der Waals surface area contributed by atoms with Crippen molar-refractivity contribution in [3.8, 4) is 0 Å². The minimum atomic E-state index is -0.257. The topological polar surface area (TPSA) is 46.6 Å². The molecule has 1 rings (SSSR count). The van der Waals surface area contributed by atoms with Gasteiger partial charge in [0.05, 0.1) is 6.61 Å². The molecule has 1 aliphatic rings. The van der Waals surface area contributed by atoms with Gasteiger partial charge in [-0.15, -0.1) is 0 Å². The van der Waals surface area contributed by atoms with Crippen LogP contribution in [0.1, 0.15) is 26.2 Å². The van der Waals surface area contributed by atoms with Crippen LogP contribution in [0, 0.1) is 0 Å². The van der Waals surface area contributed by atoms with Gasteiger partial charge in [0.25, 0.3) is 0 Å². The van der Waals surface area contributed by atoms with Crippen LogP contribution < -0.4 is 0 Å². The first-order valence-electron chi connectivity index (χ1n) is 4.50. The molecule has 13 heavy (non-hydrogen) atoms.